The zero-order valence-corrected chi connectivity index (χ0v) is 12.5. The van der Waals surface area contributed by atoms with Crippen LogP contribution in [0.3, 0.4) is 0 Å². The van der Waals surface area contributed by atoms with Gasteiger partial charge in [0, 0.05) is 5.71 Å². The average molecular weight is 278 g/mol. The van der Waals surface area contributed by atoms with Crippen LogP contribution in [0.25, 0.3) is 11.1 Å². The Bertz CT molecular complexity index is 764. The summed E-state index contributed by atoms with van der Waals surface area (Å²) in [7, 11) is 0. The molecule has 0 unspecified atom stereocenters. The highest BCUT2D eigenvalue weighted by molar-refractivity contribution is 5.96. The molecular formula is C18H18N2O. The van der Waals surface area contributed by atoms with Gasteiger partial charge in [-0.25, -0.2) is 4.98 Å². The molecule has 3 aromatic rings. The van der Waals surface area contributed by atoms with Crippen LogP contribution in [0.4, 0.5) is 0 Å². The summed E-state index contributed by atoms with van der Waals surface area (Å²) >= 11 is 0. The van der Waals surface area contributed by atoms with Gasteiger partial charge < -0.3 is 9.83 Å². The Morgan fingerprint density at radius 2 is 1.71 bits per heavy atom. The number of hydrogen-bond acceptors (Lipinski definition) is 3. The van der Waals surface area contributed by atoms with Gasteiger partial charge in [-0.15, -0.1) is 0 Å². The lowest BCUT2D eigenvalue weighted by Crippen LogP contribution is -2.19. The van der Waals surface area contributed by atoms with E-state index in [2.05, 4.69) is 18.8 Å². The SMILES string of the molecule is CC(=N)c1ccc(C(C)(C)c2nc3ccccc3o2)cc1. The van der Waals surface area contributed by atoms with Crippen molar-refractivity contribution in [2.24, 2.45) is 0 Å². The Hall–Kier alpha value is -2.42. The molecule has 0 aliphatic heterocycles. The fourth-order valence-corrected chi connectivity index (χ4v) is 2.40. The van der Waals surface area contributed by atoms with Crippen molar-refractivity contribution in [2.45, 2.75) is 26.2 Å². The lowest BCUT2D eigenvalue weighted by atomic mass is 9.84. The number of nitrogens with one attached hydrogen (secondary N) is 1. The van der Waals surface area contributed by atoms with Gasteiger partial charge in [-0.3, -0.25) is 0 Å². The molecular weight excluding hydrogens is 260 g/mol. The lowest BCUT2D eigenvalue weighted by molar-refractivity contribution is 0.433. The molecule has 21 heavy (non-hydrogen) atoms. The summed E-state index contributed by atoms with van der Waals surface area (Å²) in [6, 6.07) is 15.8. The van der Waals surface area contributed by atoms with E-state index >= 15 is 0 Å². The maximum absolute atomic E-state index is 7.67. The van der Waals surface area contributed by atoms with Gasteiger partial charge in [0.2, 0.25) is 5.89 Å². The zero-order chi connectivity index (χ0) is 15.0. The fraction of sp³-hybridized carbons (Fsp3) is 0.222. The third-order valence-electron chi connectivity index (χ3n) is 3.87. The van der Waals surface area contributed by atoms with Gasteiger partial charge in [0.15, 0.2) is 5.58 Å². The second kappa shape index (κ2) is 4.85. The second-order valence-electron chi connectivity index (χ2n) is 5.81. The standard InChI is InChI=1S/C18H18N2O/c1-12(19)13-8-10-14(11-9-13)18(2,3)17-20-15-6-4-5-7-16(15)21-17/h4-11,19H,1-3H3. The van der Waals surface area contributed by atoms with E-state index in [9.17, 15) is 0 Å². The average Bonchev–Trinajstić information content (AvgIpc) is 2.92. The largest absolute Gasteiger partial charge is 0.440 e. The number of para-hydroxylation sites is 2. The number of fused-ring (bicyclic) bond motifs is 1. The molecule has 3 rings (SSSR count). The highest BCUT2D eigenvalue weighted by atomic mass is 16.3. The minimum atomic E-state index is -0.312. The Labute approximate surface area is 124 Å². The summed E-state index contributed by atoms with van der Waals surface area (Å²) < 4.78 is 5.91. The molecule has 2 aromatic carbocycles. The zero-order valence-electron chi connectivity index (χ0n) is 12.5. The van der Waals surface area contributed by atoms with Crippen LogP contribution in [0, 0.1) is 5.41 Å². The van der Waals surface area contributed by atoms with E-state index in [-0.39, 0.29) is 5.41 Å². The summed E-state index contributed by atoms with van der Waals surface area (Å²) in [4.78, 5) is 4.61. The van der Waals surface area contributed by atoms with Crippen molar-refractivity contribution in [3.05, 3.63) is 65.5 Å². The van der Waals surface area contributed by atoms with Gasteiger partial charge in [0.1, 0.15) is 5.52 Å². The van der Waals surface area contributed by atoms with E-state index in [4.69, 9.17) is 9.83 Å². The lowest BCUT2D eigenvalue weighted by Gasteiger charge is -2.21. The normalized spacial score (nSPS) is 11.8. The van der Waals surface area contributed by atoms with Crippen LogP contribution in [0.5, 0.6) is 0 Å². The predicted octanol–water partition coefficient (Wildman–Crippen LogP) is 4.54. The highest BCUT2D eigenvalue weighted by Crippen LogP contribution is 2.33. The van der Waals surface area contributed by atoms with Gasteiger partial charge in [-0.1, -0.05) is 36.4 Å². The number of oxazole rings is 1. The van der Waals surface area contributed by atoms with Crippen molar-refractivity contribution in [3.8, 4) is 0 Å². The second-order valence-corrected chi connectivity index (χ2v) is 5.81. The summed E-state index contributed by atoms with van der Waals surface area (Å²) in [5, 5.41) is 7.67. The molecule has 0 amide bonds. The van der Waals surface area contributed by atoms with Gasteiger partial charge in [-0.2, -0.15) is 0 Å². The van der Waals surface area contributed by atoms with Crippen molar-refractivity contribution < 1.29 is 4.42 Å². The van der Waals surface area contributed by atoms with Crippen LogP contribution in [0.2, 0.25) is 0 Å². The molecule has 1 N–H and O–H groups in total. The molecule has 1 aromatic heterocycles. The number of hydrogen-bond donors (Lipinski definition) is 1. The van der Waals surface area contributed by atoms with E-state index < -0.39 is 0 Å². The van der Waals surface area contributed by atoms with Crippen molar-refractivity contribution in [2.75, 3.05) is 0 Å². The molecule has 0 bridgehead atoms. The molecule has 0 saturated heterocycles. The molecule has 0 fully saturated rings. The number of nitrogens with zero attached hydrogens (tertiary/aromatic N) is 1. The van der Waals surface area contributed by atoms with E-state index in [0.29, 0.717) is 11.6 Å². The van der Waals surface area contributed by atoms with Crippen LogP contribution < -0.4 is 0 Å². The number of benzene rings is 2. The quantitative estimate of drug-likeness (QED) is 0.715. The topological polar surface area (TPSA) is 49.9 Å². The van der Waals surface area contributed by atoms with Crippen LogP contribution in [-0.4, -0.2) is 10.7 Å². The summed E-state index contributed by atoms with van der Waals surface area (Å²) in [5.74, 6) is 0.711. The predicted molar refractivity (Wildman–Crippen MR) is 85.1 cm³/mol. The molecule has 106 valence electrons. The van der Waals surface area contributed by atoms with Crippen LogP contribution in [0.1, 0.15) is 37.8 Å². The summed E-state index contributed by atoms with van der Waals surface area (Å²) in [5.41, 5.74) is 4.01. The number of rotatable bonds is 3. The molecule has 0 atom stereocenters. The Kier molecular flexibility index (Phi) is 3.13. The van der Waals surface area contributed by atoms with Crippen LogP contribution in [-0.2, 0) is 5.41 Å². The summed E-state index contributed by atoms with van der Waals surface area (Å²) in [6.45, 7) is 5.99. The minimum Gasteiger partial charge on any atom is -0.440 e. The van der Waals surface area contributed by atoms with Gasteiger partial charge in [0.05, 0.1) is 5.41 Å². The third-order valence-corrected chi connectivity index (χ3v) is 3.87. The van der Waals surface area contributed by atoms with Gasteiger partial charge >= 0.3 is 0 Å². The maximum Gasteiger partial charge on any atom is 0.205 e. The highest BCUT2D eigenvalue weighted by Gasteiger charge is 2.29. The first-order valence-corrected chi connectivity index (χ1v) is 7.00. The first-order valence-electron chi connectivity index (χ1n) is 7.00. The van der Waals surface area contributed by atoms with Crippen molar-refractivity contribution in [3.63, 3.8) is 0 Å². The molecule has 3 heteroatoms. The van der Waals surface area contributed by atoms with E-state index in [1.54, 1.807) is 6.92 Å². The smallest absolute Gasteiger partial charge is 0.205 e. The van der Waals surface area contributed by atoms with Gasteiger partial charge in [0.25, 0.3) is 0 Å². The molecule has 0 spiro atoms. The van der Waals surface area contributed by atoms with Crippen molar-refractivity contribution >= 4 is 16.8 Å². The Morgan fingerprint density at radius 1 is 1.05 bits per heavy atom. The maximum atomic E-state index is 7.67. The first kappa shape index (κ1) is 13.6. The molecule has 0 aliphatic carbocycles. The number of aromatic nitrogens is 1. The fourth-order valence-electron chi connectivity index (χ4n) is 2.40. The van der Waals surface area contributed by atoms with Crippen molar-refractivity contribution in [1.82, 2.24) is 4.98 Å². The van der Waals surface area contributed by atoms with Crippen LogP contribution in [0.15, 0.2) is 52.9 Å². The van der Waals surface area contributed by atoms with E-state index in [1.165, 1.54) is 0 Å². The minimum absolute atomic E-state index is 0.312. The van der Waals surface area contributed by atoms with E-state index in [1.807, 2.05) is 48.5 Å². The molecule has 1 heterocycles. The van der Waals surface area contributed by atoms with Gasteiger partial charge in [-0.05, 0) is 44.0 Å². The monoisotopic (exact) mass is 278 g/mol. The van der Waals surface area contributed by atoms with Crippen LogP contribution >= 0.6 is 0 Å². The first-order chi connectivity index (χ1) is 9.98. The van der Waals surface area contributed by atoms with Crippen molar-refractivity contribution in [1.29, 1.82) is 5.41 Å². The van der Waals surface area contributed by atoms with E-state index in [0.717, 1.165) is 22.2 Å². The summed E-state index contributed by atoms with van der Waals surface area (Å²) in [6.07, 6.45) is 0. The molecule has 0 radical (unpaired) electrons. The Morgan fingerprint density at radius 3 is 2.33 bits per heavy atom. The Balaban J connectivity index is 2.04. The molecule has 0 saturated carbocycles. The molecule has 0 aliphatic rings. The molecule has 3 nitrogen and oxygen atoms in total. The third kappa shape index (κ3) is 2.35.